The van der Waals surface area contributed by atoms with Crippen LogP contribution in [0.15, 0.2) is 68.1 Å². The molecule has 156 valence electrons. The van der Waals surface area contributed by atoms with Crippen molar-refractivity contribution in [3.05, 3.63) is 65.2 Å². The predicted molar refractivity (Wildman–Crippen MR) is 118 cm³/mol. The van der Waals surface area contributed by atoms with Gasteiger partial charge in [-0.3, -0.25) is 4.72 Å². The van der Waals surface area contributed by atoms with Crippen LogP contribution in [0.1, 0.15) is 11.3 Å². The topological polar surface area (TPSA) is 106 Å². The van der Waals surface area contributed by atoms with Gasteiger partial charge in [0.25, 0.3) is 10.0 Å². The number of carboxylic acid groups (broad SMARTS) is 1. The maximum atomic E-state index is 12.9. The molecule has 1 aromatic heterocycles. The van der Waals surface area contributed by atoms with Gasteiger partial charge in [-0.25, -0.2) is 18.2 Å². The lowest BCUT2D eigenvalue weighted by Gasteiger charge is -2.12. The first-order valence-electron chi connectivity index (χ1n) is 8.59. The van der Waals surface area contributed by atoms with E-state index in [4.69, 9.17) is 9.84 Å². The second-order valence-electron chi connectivity index (χ2n) is 6.07. The van der Waals surface area contributed by atoms with Crippen molar-refractivity contribution in [2.24, 2.45) is 0 Å². The summed E-state index contributed by atoms with van der Waals surface area (Å²) in [5, 5.41) is 10.7. The van der Waals surface area contributed by atoms with Gasteiger partial charge in [-0.2, -0.15) is 0 Å². The Morgan fingerprint density at radius 3 is 2.57 bits per heavy atom. The van der Waals surface area contributed by atoms with Crippen LogP contribution in [0.4, 0.5) is 5.69 Å². The predicted octanol–water partition coefficient (Wildman–Crippen LogP) is 4.51. The molecule has 0 saturated heterocycles. The summed E-state index contributed by atoms with van der Waals surface area (Å²) in [6, 6.07) is 11.4. The van der Waals surface area contributed by atoms with Crippen molar-refractivity contribution in [3.63, 3.8) is 0 Å². The monoisotopic (exact) mass is 462 g/mol. The normalized spacial score (nSPS) is 11.5. The molecular weight excluding hydrogens is 444 g/mol. The smallest absolute Gasteiger partial charge is 0.328 e. The number of methoxy groups -OCH3 is 1. The standard InChI is InChI=1S/C20H18N2O5S3/c1-13-12-28-20(21-13)29-16-7-5-15(6-8-16)22-30(25,26)18-11-14(4-10-19(23)24)3-9-17(18)27-2/h3-12,22H,1-2H3,(H,23,24)/b10-4+. The molecule has 7 nitrogen and oxygen atoms in total. The number of hydrogen-bond donors (Lipinski definition) is 2. The molecule has 3 rings (SSSR count). The average molecular weight is 463 g/mol. The number of aryl methyl sites for hydroxylation is 1. The second-order valence-corrected chi connectivity index (χ2v) is 9.90. The number of rotatable bonds is 8. The molecule has 10 heteroatoms. The minimum atomic E-state index is -3.96. The first kappa shape index (κ1) is 21.9. The van der Waals surface area contributed by atoms with Gasteiger partial charge in [-0.15, -0.1) is 11.3 Å². The molecule has 30 heavy (non-hydrogen) atoms. The zero-order valence-electron chi connectivity index (χ0n) is 16.0. The lowest BCUT2D eigenvalue weighted by Crippen LogP contribution is -2.14. The molecular formula is C20H18N2O5S3. The molecule has 0 bridgehead atoms. The number of aromatic nitrogens is 1. The highest BCUT2D eigenvalue weighted by molar-refractivity contribution is 8.01. The van der Waals surface area contributed by atoms with E-state index >= 15 is 0 Å². The van der Waals surface area contributed by atoms with Crippen molar-refractivity contribution < 1.29 is 23.1 Å². The van der Waals surface area contributed by atoms with Crippen molar-refractivity contribution in [3.8, 4) is 5.75 Å². The van der Waals surface area contributed by atoms with Crippen molar-refractivity contribution in [1.82, 2.24) is 4.98 Å². The third-order valence-corrected chi connectivity index (χ3v) is 7.27. The van der Waals surface area contributed by atoms with E-state index in [2.05, 4.69) is 9.71 Å². The molecule has 0 aliphatic carbocycles. The molecule has 0 amide bonds. The Morgan fingerprint density at radius 1 is 1.23 bits per heavy atom. The fraction of sp³-hybridized carbons (Fsp3) is 0.100. The van der Waals surface area contributed by atoms with Crippen LogP contribution in [-0.2, 0) is 14.8 Å². The Labute approximate surface area is 182 Å². The fourth-order valence-corrected chi connectivity index (χ4v) is 5.53. The maximum absolute atomic E-state index is 12.9. The number of anilines is 1. The van der Waals surface area contributed by atoms with E-state index in [1.165, 1.54) is 37.1 Å². The van der Waals surface area contributed by atoms with Crippen LogP contribution in [0, 0.1) is 6.92 Å². The summed E-state index contributed by atoms with van der Waals surface area (Å²) in [4.78, 5) is 16.0. The number of carbonyl (C=O) groups is 1. The van der Waals surface area contributed by atoms with Crippen molar-refractivity contribution in [2.75, 3.05) is 11.8 Å². The summed E-state index contributed by atoms with van der Waals surface area (Å²) in [5.74, 6) is -0.972. The molecule has 0 radical (unpaired) electrons. The van der Waals surface area contributed by atoms with Gasteiger partial charge < -0.3 is 9.84 Å². The number of carboxylic acids is 1. The van der Waals surface area contributed by atoms with E-state index in [0.29, 0.717) is 11.3 Å². The minimum Gasteiger partial charge on any atom is -0.495 e. The van der Waals surface area contributed by atoms with E-state index < -0.39 is 16.0 Å². The maximum Gasteiger partial charge on any atom is 0.328 e. The number of hydrogen-bond acceptors (Lipinski definition) is 7. The highest BCUT2D eigenvalue weighted by Crippen LogP contribution is 2.32. The molecule has 0 atom stereocenters. The number of sulfonamides is 1. The van der Waals surface area contributed by atoms with Crippen molar-refractivity contribution in [2.45, 2.75) is 21.1 Å². The average Bonchev–Trinajstić information content (AvgIpc) is 3.12. The first-order chi connectivity index (χ1) is 14.3. The Balaban J connectivity index is 1.81. The number of nitrogens with one attached hydrogen (secondary N) is 1. The second kappa shape index (κ2) is 9.33. The van der Waals surface area contributed by atoms with Crippen molar-refractivity contribution >= 4 is 50.9 Å². The van der Waals surface area contributed by atoms with Gasteiger partial charge in [-0.05, 0) is 55.0 Å². The van der Waals surface area contributed by atoms with Crippen LogP contribution in [0.2, 0.25) is 0 Å². The molecule has 3 aromatic rings. The van der Waals surface area contributed by atoms with Gasteiger partial charge in [0.15, 0.2) is 4.34 Å². The number of aliphatic carboxylic acids is 1. The Morgan fingerprint density at radius 2 is 1.97 bits per heavy atom. The lowest BCUT2D eigenvalue weighted by molar-refractivity contribution is -0.131. The van der Waals surface area contributed by atoms with Crippen LogP contribution in [-0.4, -0.2) is 31.6 Å². The molecule has 0 spiro atoms. The van der Waals surface area contributed by atoms with Crippen LogP contribution >= 0.6 is 23.1 Å². The number of nitrogens with zero attached hydrogens (tertiary/aromatic N) is 1. The molecule has 0 unspecified atom stereocenters. The van der Waals surface area contributed by atoms with Gasteiger partial charge >= 0.3 is 5.97 Å². The van der Waals surface area contributed by atoms with Crippen LogP contribution in [0.3, 0.4) is 0 Å². The number of ether oxygens (including phenoxy) is 1. The third kappa shape index (κ3) is 5.62. The fourth-order valence-electron chi connectivity index (χ4n) is 2.46. The lowest BCUT2D eigenvalue weighted by atomic mass is 10.2. The summed E-state index contributed by atoms with van der Waals surface area (Å²) >= 11 is 3.05. The van der Waals surface area contributed by atoms with Crippen LogP contribution in [0.5, 0.6) is 5.75 Å². The van der Waals surface area contributed by atoms with E-state index in [0.717, 1.165) is 21.0 Å². The van der Waals surface area contributed by atoms with Gasteiger partial charge in [0.05, 0.1) is 7.11 Å². The summed E-state index contributed by atoms with van der Waals surface area (Å²) in [6.07, 6.45) is 2.25. The molecule has 0 saturated carbocycles. The molecule has 0 fully saturated rings. The zero-order chi connectivity index (χ0) is 21.7. The van der Waals surface area contributed by atoms with E-state index in [9.17, 15) is 13.2 Å². The molecule has 0 aliphatic heterocycles. The van der Waals surface area contributed by atoms with E-state index in [-0.39, 0.29) is 10.6 Å². The van der Waals surface area contributed by atoms with E-state index in [1.807, 2.05) is 24.4 Å². The number of benzene rings is 2. The Bertz CT molecular complexity index is 1190. The summed E-state index contributed by atoms with van der Waals surface area (Å²) in [5.41, 5.74) is 1.77. The van der Waals surface area contributed by atoms with Crippen molar-refractivity contribution in [1.29, 1.82) is 0 Å². The van der Waals surface area contributed by atoms with Gasteiger partial charge in [0, 0.05) is 27.7 Å². The highest BCUT2D eigenvalue weighted by Gasteiger charge is 2.20. The van der Waals surface area contributed by atoms with E-state index in [1.54, 1.807) is 29.5 Å². The SMILES string of the molecule is COc1ccc(/C=C/C(=O)O)cc1S(=O)(=O)Nc1ccc(Sc2nc(C)cs2)cc1. The van der Waals surface area contributed by atoms with Crippen LogP contribution in [0.25, 0.3) is 6.08 Å². The quantitative estimate of drug-likeness (QED) is 0.475. The molecule has 1 heterocycles. The Kier molecular flexibility index (Phi) is 6.80. The third-order valence-electron chi connectivity index (χ3n) is 3.81. The molecule has 2 aromatic carbocycles. The molecule has 0 aliphatic rings. The zero-order valence-corrected chi connectivity index (χ0v) is 18.5. The van der Waals surface area contributed by atoms with Gasteiger partial charge in [0.1, 0.15) is 10.6 Å². The summed E-state index contributed by atoms with van der Waals surface area (Å²) in [6.45, 7) is 1.93. The number of thiazole rings is 1. The Hall–Kier alpha value is -2.82. The largest absolute Gasteiger partial charge is 0.495 e. The van der Waals surface area contributed by atoms with Gasteiger partial charge in [0.2, 0.25) is 0 Å². The van der Waals surface area contributed by atoms with Crippen LogP contribution < -0.4 is 9.46 Å². The highest BCUT2D eigenvalue weighted by atomic mass is 32.2. The minimum absolute atomic E-state index is 0.0887. The molecule has 2 N–H and O–H groups in total. The first-order valence-corrected chi connectivity index (χ1v) is 11.8. The summed E-state index contributed by atoms with van der Waals surface area (Å²) < 4.78 is 34.4. The van der Waals surface area contributed by atoms with Gasteiger partial charge in [-0.1, -0.05) is 17.8 Å². The summed E-state index contributed by atoms with van der Waals surface area (Å²) in [7, 11) is -2.59.